The first kappa shape index (κ1) is 14.2. The van der Waals surface area contributed by atoms with Gasteiger partial charge < -0.3 is 15.0 Å². The third kappa shape index (κ3) is 3.19. The number of likely N-dealkylation sites (tertiary alicyclic amines) is 1. The number of para-hydroxylation sites is 1. The van der Waals surface area contributed by atoms with Gasteiger partial charge in [-0.2, -0.15) is 0 Å². The molecule has 4 nitrogen and oxygen atoms in total. The van der Waals surface area contributed by atoms with Gasteiger partial charge in [-0.3, -0.25) is 4.79 Å². The fourth-order valence-corrected chi connectivity index (χ4v) is 2.36. The molecular formula is C14H19ClN2O2. The molecule has 1 aliphatic heterocycles. The Morgan fingerprint density at radius 2 is 2.32 bits per heavy atom. The van der Waals surface area contributed by atoms with Crippen molar-refractivity contribution in [2.75, 3.05) is 20.1 Å². The van der Waals surface area contributed by atoms with Crippen molar-refractivity contribution in [1.82, 2.24) is 10.2 Å². The van der Waals surface area contributed by atoms with Crippen LogP contribution >= 0.6 is 11.6 Å². The summed E-state index contributed by atoms with van der Waals surface area (Å²) in [6, 6.07) is 5.65. The maximum Gasteiger partial charge on any atom is 0.263 e. The summed E-state index contributed by atoms with van der Waals surface area (Å²) >= 11 is 6.19. The average Bonchev–Trinajstić information content (AvgIpc) is 2.71. The molecule has 0 bridgehead atoms. The monoisotopic (exact) mass is 282 g/mol. The van der Waals surface area contributed by atoms with E-state index in [0.717, 1.165) is 18.7 Å². The van der Waals surface area contributed by atoms with Gasteiger partial charge >= 0.3 is 0 Å². The number of halogens is 1. The standard InChI is InChI=1S/C14H19ClN2O2/c1-3-16-9-10-5-4-6-11(15)13(10)19-12-7-8-17(2)14(12)18/h4-6,12,16H,3,7-9H2,1-2H3. The predicted octanol–water partition coefficient (Wildman–Crippen LogP) is 2.06. The summed E-state index contributed by atoms with van der Waals surface area (Å²) in [6.45, 7) is 4.33. The minimum absolute atomic E-state index is 0.0225. The largest absolute Gasteiger partial charge is 0.479 e. The molecule has 1 aliphatic rings. The average molecular weight is 283 g/mol. The Labute approximate surface area is 118 Å². The van der Waals surface area contributed by atoms with Crippen LogP contribution in [-0.4, -0.2) is 37.0 Å². The first-order valence-electron chi connectivity index (χ1n) is 6.53. The highest BCUT2D eigenvalue weighted by atomic mass is 35.5. The fourth-order valence-electron chi connectivity index (χ4n) is 2.13. The summed E-state index contributed by atoms with van der Waals surface area (Å²) in [4.78, 5) is 13.6. The van der Waals surface area contributed by atoms with Crippen LogP contribution in [-0.2, 0) is 11.3 Å². The quantitative estimate of drug-likeness (QED) is 0.899. The molecule has 1 fully saturated rings. The Morgan fingerprint density at radius 1 is 1.53 bits per heavy atom. The molecule has 1 aromatic rings. The third-order valence-corrected chi connectivity index (χ3v) is 3.55. The lowest BCUT2D eigenvalue weighted by molar-refractivity contribution is -0.132. The maximum absolute atomic E-state index is 11.9. The molecule has 1 N–H and O–H groups in total. The molecule has 0 aromatic heterocycles. The smallest absolute Gasteiger partial charge is 0.263 e. The van der Waals surface area contributed by atoms with Crippen LogP contribution in [0.3, 0.4) is 0 Å². The lowest BCUT2D eigenvalue weighted by Crippen LogP contribution is -2.30. The second-order valence-electron chi connectivity index (χ2n) is 4.66. The van der Waals surface area contributed by atoms with Crippen molar-refractivity contribution < 1.29 is 9.53 Å². The predicted molar refractivity (Wildman–Crippen MR) is 75.5 cm³/mol. The van der Waals surface area contributed by atoms with Crippen LogP contribution in [0.5, 0.6) is 5.75 Å². The minimum Gasteiger partial charge on any atom is -0.479 e. The summed E-state index contributed by atoms with van der Waals surface area (Å²) in [7, 11) is 1.79. The van der Waals surface area contributed by atoms with Crippen LogP contribution in [0.25, 0.3) is 0 Å². The van der Waals surface area contributed by atoms with Crippen molar-refractivity contribution in [1.29, 1.82) is 0 Å². The van der Waals surface area contributed by atoms with E-state index in [1.54, 1.807) is 18.0 Å². The second-order valence-corrected chi connectivity index (χ2v) is 5.07. The van der Waals surface area contributed by atoms with Crippen LogP contribution in [0.4, 0.5) is 0 Å². The van der Waals surface area contributed by atoms with Gasteiger partial charge in [0.05, 0.1) is 5.02 Å². The zero-order valence-corrected chi connectivity index (χ0v) is 12.0. The Bertz CT molecular complexity index is 465. The zero-order valence-electron chi connectivity index (χ0n) is 11.3. The number of carbonyl (C=O) groups excluding carboxylic acids is 1. The Morgan fingerprint density at radius 3 is 2.95 bits per heavy atom. The first-order chi connectivity index (χ1) is 9.13. The van der Waals surface area contributed by atoms with E-state index >= 15 is 0 Å². The number of rotatable bonds is 5. The Balaban J connectivity index is 2.16. The molecule has 1 unspecified atom stereocenters. The molecule has 0 spiro atoms. The SMILES string of the molecule is CCNCc1cccc(Cl)c1OC1CCN(C)C1=O. The summed E-state index contributed by atoms with van der Waals surface area (Å²) in [6.07, 6.45) is 0.298. The number of ether oxygens (including phenoxy) is 1. The molecular weight excluding hydrogens is 264 g/mol. The van der Waals surface area contributed by atoms with Gasteiger partial charge in [-0.25, -0.2) is 0 Å². The van der Waals surface area contributed by atoms with Crippen molar-refractivity contribution in [2.45, 2.75) is 26.0 Å². The highest BCUT2D eigenvalue weighted by Gasteiger charge is 2.31. The van der Waals surface area contributed by atoms with Gasteiger partial charge in [0, 0.05) is 32.1 Å². The van der Waals surface area contributed by atoms with Gasteiger partial charge in [0.15, 0.2) is 6.10 Å². The van der Waals surface area contributed by atoms with E-state index in [9.17, 15) is 4.79 Å². The van der Waals surface area contributed by atoms with E-state index < -0.39 is 6.10 Å². The van der Waals surface area contributed by atoms with Gasteiger partial charge in [-0.1, -0.05) is 30.7 Å². The van der Waals surface area contributed by atoms with Gasteiger partial charge in [0.1, 0.15) is 5.75 Å². The number of hydrogen-bond acceptors (Lipinski definition) is 3. The van der Waals surface area contributed by atoms with Crippen LogP contribution in [0.1, 0.15) is 18.9 Å². The Kier molecular flexibility index (Phi) is 4.66. The van der Waals surface area contributed by atoms with Gasteiger partial charge in [-0.15, -0.1) is 0 Å². The normalized spacial score (nSPS) is 19.0. The molecule has 1 heterocycles. The number of benzene rings is 1. The summed E-state index contributed by atoms with van der Waals surface area (Å²) < 4.78 is 5.85. The van der Waals surface area contributed by atoms with Gasteiger partial charge in [0.2, 0.25) is 0 Å². The van der Waals surface area contributed by atoms with Crippen molar-refractivity contribution >= 4 is 17.5 Å². The van der Waals surface area contributed by atoms with E-state index in [0.29, 0.717) is 23.7 Å². The molecule has 19 heavy (non-hydrogen) atoms. The van der Waals surface area contributed by atoms with Crippen molar-refractivity contribution in [3.63, 3.8) is 0 Å². The minimum atomic E-state index is -0.412. The molecule has 1 aromatic carbocycles. The second kappa shape index (κ2) is 6.26. The van der Waals surface area contributed by atoms with Crippen LogP contribution in [0, 0.1) is 0 Å². The molecule has 5 heteroatoms. The summed E-state index contributed by atoms with van der Waals surface area (Å²) in [5.41, 5.74) is 0.983. The number of nitrogens with one attached hydrogen (secondary N) is 1. The molecule has 0 saturated carbocycles. The number of hydrogen-bond donors (Lipinski definition) is 1. The van der Waals surface area contributed by atoms with Crippen LogP contribution in [0.15, 0.2) is 18.2 Å². The molecule has 0 aliphatic carbocycles. The Hall–Kier alpha value is -1.26. The van der Waals surface area contributed by atoms with Crippen molar-refractivity contribution in [2.24, 2.45) is 0 Å². The van der Waals surface area contributed by atoms with Crippen LogP contribution < -0.4 is 10.1 Å². The zero-order chi connectivity index (χ0) is 13.8. The van der Waals surface area contributed by atoms with Crippen LogP contribution in [0.2, 0.25) is 5.02 Å². The molecule has 0 radical (unpaired) electrons. The van der Waals surface area contributed by atoms with Gasteiger partial charge in [-0.05, 0) is 12.6 Å². The van der Waals surface area contributed by atoms with Crippen molar-refractivity contribution in [3.8, 4) is 5.75 Å². The highest BCUT2D eigenvalue weighted by Crippen LogP contribution is 2.31. The van der Waals surface area contributed by atoms with Crippen molar-refractivity contribution in [3.05, 3.63) is 28.8 Å². The van der Waals surface area contributed by atoms with E-state index in [1.165, 1.54) is 0 Å². The van der Waals surface area contributed by atoms with Gasteiger partial charge in [0.25, 0.3) is 5.91 Å². The number of carbonyl (C=O) groups is 1. The molecule has 2 rings (SSSR count). The maximum atomic E-state index is 11.9. The number of nitrogens with zero attached hydrogens (tertiary/aromatic N) is 1. The highest BCUT2D eigenvalue weighted by molar-refractivity contribution is 6.32. The van der Waals surface area contributed by atoms with E-state index in [2.05, 4.69) is 5.32 Å². The fraction of sp³-hybridized carbons (Fsp3) is 0.500. The molecule has 1 saturated heterocycles. The number of amides is 1. The number of likely N-dealkylation sites (N-methyl/N-ethyl adjacent to an activating group) is 1. The lowest BCUT2D eigenvalue weighted by atomic mass is 10.2. The molecule has 104 valence electrons. The first-order valence-corrected chi connectivity index (χ1v) is 6.91. The lowest BCUT2D eigenvalue weighted by Gasteiger charge is -2.17. The van der Waals surface area contributed by atoms with E-state index in [4.69, 9.17) is 16.3 Å². The summed E-state index contributed by atoms with van der Waals surface area (Å²) in [5.74, 6) is 0.646. The molecule has 1 amide bonds. The molecule has 1 atom stereocenters. The summed E-state index contributed by atoms with van der Waals surface area (Å²) in [5, 5.41) is 3.80. The van der Waals surface area contributed by atoms with E-state index in [-0.39, 0.29) is 5.91 Å². The third-order valence-electron chi connectivity index (χ3n) is 3.25. The topological polar surface area (TPSA) is 41.6 Å². The van der Waals surface area contributed by atoms with E-state index in [1.807, 2.05) is 19.1 Å².